The molecule has 0 aliphatic rings. The van der Waals surface area contributed by atoms with Crippen LogP contribution in [-0.4, -0.2) is 26.2 Å². The van der Waals surface area contributed by atoms with Gasteiger partial charge in [0.1, 0.15) is 0 Å². The van der Waals surface area contributed by atoms with Crippen molar-refractivity contribution < 1.29 is 9.53 Å². The number of anilines is 1. The van der Waals surface area contributed by atoms with E-state index in [1.54, 1.807) is 19.2 Å². The van der Waals surface area contributed by atoms with Crippen LogP contribution in [0.1, 0.15) is 15.9 Å². The van der Waals surface area contributed by atoms with E-state index in [2.05, 4.69) is 26.6 Å². The predicted octanol–water partition coefficient (Wildman–Crippen LogP) is 4.09. The third kappa shape index (κ3) is 5.53. The molecule has 0 unspecified atom stereocenters. The average Bonchev–Trinajstić information content (AvgIpc) is 2.54. The lowest BCUT2D eigenvalue weighted by Crippen LogP contribution is -2.27. The maximum absolute atomic E-state index is 12.0. The van der Waals surface area contributed by atoms with Gasteiger partial charge in [0.05, 0.1) is 17.2 Å². The van der Waals surface area contributed by atoms with Crippen molar-refractivity contribution in [3.63, 3.8) is 0 Å². The Balaban J connectivity index is 1.95. The van der Waals surface area contributed by atoms with Gasteiger partial charge in [-0.1, -0.05) is 39.7 Å². The van der Waals surface area contributed by atoms with Crippen LogP contribution in [0.3, 0.4) is 0 Å². The summed E-state index contributed by atoms with van der Waals surface area (Å²) < 4.78 is 5.95. The number of carbonyl (C=O) groups excluding carboxylic acids is 1. The lowest BCUT2D eigenvalue weighted by molar-refractivity contribution is 0.0937. The molecule has 0 aliphatic carbocycles. The van der Waals surface area contributed by atoms with Crippen molar-refractivity contribution in [3.8, 4) is 0 Å². The van der Waals surface area contributed by atoms with Crippen LogP contribution >= 0.6 is 27.5 Å². The molecule has 0 spiro atoms. The van der Waals surface area contributed by atoms with Gasteiger partial charge in [0.2, 0.25) is 0 Å². The molecule has 0 heterocycles. The number of methoxy groups -OCH3 is 1. The highest BCUT2D eigenvalue weighted by Crippen LogP contribution is 2.21. The molecule has 0 saturated carbocycles. The molecule has 0 radical (unpaired) electrons. The second-order valence-electron chi connectivity index (χ2n) is 4.92. The van der Waals surface area contributed by atoms with Gasteiger partial charge in [-0.15, -0.1) is 0 Å². The Bertz CT molecular complexity index is 662. The van der Waals surface area contributed by atoms with Crippen molar-refractivity contribution in [2.24, 2.45) is 0 Å². The smallest absolute Gasteiger partial charge is 0.252 e. The van der Waals surface area contributed by atoms with Gasteiger partial charge in [0, 0.05) is 30.4 Å². The summed E-state index contributed by atoms with van der Waals surface area (Å²) in [5.74, 6) is -0.202. The van der Waals surface area contributed by atoms with Gasteiger partial charge in [-0.2, -0.15) is 0 Å². The van der Waals surface area contributed by atoms with E-state index in [0.29, 0.717) is 30.3 Å². The first-order chi connectivity index (χ1) is 11.1. The molecule has 2 aromatic rings. The lowest BCUT2D eigenvalue weighted by Gasteiger charge is -2.10. The van der Waals surface area contributed by atoms with Crippen LogP contribution in [0.25, 0.3) is 0 Å². The first-order valence-corrected chi connectivity index (χ1v) is 8.32. The van der Waals surface area contributed by atoms with Gasteiger partial charge < -0.3 is 15.4 Å². The SMILES string of the molecule is COCCNC(=O)c1ccc(NCc2ccc(Br)cc2)cc1Cl. The molecule has 1 amide bonds. The Morgan fingerprint density at radius 3 is 2.61 bits per heavy atom. The van der Waals surface area contributed by atoms with E-state index in [1.165, 1.54) is 0 Å². The number of rotatable bonds is 7. The number of hydrogen-bond acceptors (Lipinski definition) is 3. The molecule has 4 nitrogen and oxygen atoms in total. The number of amides is 1. The number of carbonyl (C=O) groups is 1. The highest BCUT2D eigenvalue weighted by molar-refractivity contribution is 9.10. The van der Waals surface area contributed by atoms with E-state index >= 15 is 0 Å². The van der Waals surface area contributed by atoms with E-state index in [-0.39, 0.29) is 5.91 Å². The van der Waals surface area contributed by atoms with Crippen LogP contribution in [0.5, 0.6) is 0 Å². The number of hydrogen-bond donors (Lipinski definition) is 2. The van der Waals surface area contributed by atoms with Crippen molar-refractivity contribution in [3.05, 3.63) is 63.1 Å². The summed E-state index contributed by atoms with van der Waals surface area (Å²) in [5, 5.41) is 6.46. The van der Waals surface area contributed by atoms with Gasteiger partial charge in [-0.3, -0.25) is 4.79 Å². The third-order valence-electron chi connectivity index (χ3n) is 3.22. The Morgan fingerprint density at radius 2 is 1.96 bits per heavy atom. The van der Waals surface area contributed by atoms with Gasteiger partial charge in [0.25, 0.3) is 5.91 Å². The standard InChI is InChI=1S/C17H18BrClN2O2/c1-23-9-8-20-17(22)15-7-6-14(10-16(15)19)21-11-12-2-4-13(18)5-3-12/h2-7,10,21H,8-9,11H2,1H3,(H,20,22). The fourth-order valence-electron chi connectivity index (χ4n) is 1.98. The average molecular weight is 398 g/mol. The number of ether oxygens (including phenoxy) is 1. The minimum absolute atomic E-state index is 0.202. The van der Waals surface area contributed by atoms with E-state index in [9.17, 15) is 4.79 Å². The van der Waals surface area contributed by atoms with Crippen LogP contribution in [0, 0.1) is 0 Å². The van der Waals surface area contributed by atoms with Gasteiger partial charge in [-0.05, 0) is 35.9 Å². The van der Waals surface area contributed by atoms with Crippen LogP contribution in [0.2, 0.25) is 5.02 Å². The second kappa shape index (κ2) is 8.91. The molecule has 0 aliphatic heterocycles. The largest absolute Gasteiger partial charge is 0.383 e. The molecule has 0 bridgehead atoms. The van der Waals surface area contributed by atoms with Crippen LogP contribution in [0.15, 0.2) is 46.9 Å². The Labute approximate surface area is 149 Å². The molecule has 122 valence electrons. The third-order valence-corrected chi connectivity index (χ3v) is 4.06. The van der Waals surface area contributed by atoms with Crippen molar-refractivity contribution >= 4 is 39.1 Å². The molecule has 6 heteroatoms. The first-order valence-electron chi connectivity index (χ1n) is 7.15. The number of halogens is 2. The van der Waals surface area contributed by atoms with Crippen molar-refractivity contribution in [1.82, 2.24) is 5.32 Å². The molecule has 0 atom stereocenters. The Kier molecular flexibility index (Phi) is 6.89. The topological polar surface area (TPSA) is 50.4 Å². The minimum atomic E-state index is -0.202. The predicted molar refractivity (Wildman–Crippen MR) is 97.1 cm³/mol. The molecule has 2 rings (SSSR count). The molecule has 0 fully saturated rings. The highest BCUT2D eigenvalue weighted by Gasteiger charge is 2.10. The summed E-state index contributed by atoms with van der Waals surface area (Å²) in [6.45, 7) is 1.61. The van der Waals surface area contributed by atoms with Crippen LogP contribution in [-0.2, 0) is 11.3 Å². The highest BCUT2D eigenvalue weighted by atomic mass is 79.9. The number of benzene rings is 2. The zero-order valence-electron chi connectivity index (χ0n) is 12.7. The fraction of sp³-hybridized carbons (Fsp3) is 0.235. The van der Waals surface area contributed by atoms with E-state index < -0.39 is 0 Å². The zero-order valence-corrected chi connectivity index (χ0v) is 15.1. The summed E-state index contributed by atoms with van der Waals surface area (Å²) in [4.78, 5) is 12.0. The van der Waals surface area contributed by atoms with Crippen LogP contribution in [0.4, 0.5) is 5.69 Å². The molecule has 2 N–H and O–H groups in total. The second-order valence-corrected chi connectivity index (χ2v) is 6.25. The Morgan fingerprint density at radius 1 is 1.22 bits per heavy atom. The van der Waals surface area contributed by atoms with Gasteiger partial charge in [-0.25, -0.2) is 0 Å². The molecular weight excluding hydrogens is 380 g/mol. The molecule has 0 saturated heterocycles. The Hall–Kier alpha value is -1.56. The summed E-state index contributed by atoms with van der Waals surface area (Å²) in [6.07, 6.45) is 0. The van der Waals surface area contributed by atoms with E-state index in [1.807, 2.05) is 30.3 Å². The molecule has 0 aromatic heterocycles. The minimum Gasteiger partial charge on any atom is -0.383 e. The normalized spacial score (nSPS) is 10.4. The van der Waals surface area contributed by atoms with Crippen LogP contribution < -0.4 is 10.6 Å². The first kappa shape index (κ1) is 17.8. The zero-order chi connectivity index (χ0) is 16.7. The van der Waals surface area contributed by atoms with E-state index in [4.69, 9.17) is 16.3 Å². The molecule has 23 heavy (non-hydrogen) atoms. The molecular formula is C17H18BrClN2O2. The van der Waals surface area contributed by atoms with Gasteiger partial charge >= 0.3 is 0 Å². The van der Waals surface area contributed by atoms with Crippen molar-refractivity contribution in [1.29, 1.82) is 0 Å². The van der Waals surface area contributed by atoms with E-state index in [0.717, 1.165) is 15.7 Å². The summed E-state index contributed by atoms with van der Waals surface area (Å²) in [5.41, 5.74) is 2.48. The van der Waals surface area contributed by atoms with Crippen molar-refractivity contribution in [2.75, 3.05) is 25.6 Å². The maximum Gasteiger partial charge on any atom is 0.252 e. The van der Waals surface area contributed by atoms with Crippen molar-refractivity contribution in [2.45, 2.75) is 6.54 Å². The lowest BCUT2D eigenvalue weighted by atomic mass is 10.1. The van der Waals surface area contributed by atoms with Gasteiger partial charge in [0.15, 0.2) is 0 Å². The summed E-state index contributed by atoms with van der Waals surface area (Å²) in [6, 6.07) is 13.4. The maximum atomic E-state index is 12.0. The quantitative estimate of drug-likeness (QED) is 0.692. The summed E-state index contributed by atoms with van der Waals surface area (Å²) >= 11 is 9.61. The number of nitrogens with one attached hydrogen (secondary N) is 2. The molecule has 2 aromatic carbocycles. The fourth-order valence-corrected chi connectivity index (χ4v) is 2.51. The summed E-state index contributed by atoms with van der Waals surface area (Å²) in [7, 11) is 1.59. The monoisotopic (exact) mass is 396 g/mol.